The molecule has 2 N–H and O–H groups in total. The highest BCUT2D eigenvalue weighted by atomic mass is 16.5. The molecule has 1 aromatic heterocycles. The van der Waals surface area contributed by atoms with Crippen molar-refractivity contribution in [1.82, 2.24) is 15.2 Å². The third kappa shape index (κ3) is 4.26. The van der Waals surface area contributed by atoms with Gasteiger partial charge in [0.05, 0.1) is 18.1 Å². The van der Waals surface area contributed by atoms with Crippen LogP contribution in [0.3, 0.4) is 0 Å². The number of ether oxygens (including phenoxy) is 1. The summed E-state index contributed by atoms with van der Waals surface area (Å²) in [5, 5.41) is 2.91. The Labute approximate surface area is 154 Å². The van der Waals surface area contributed by atoms with E-state index in [1.165, 1.54) is 0 Å². The lowest BCUT2D eigenvalue weighted by Gasteiger charge is -2.32. The maximum Gasteiger partial charge on any atom is 0.340 e. The fourth-order valence-corrected chi connectivity index (χ4v) is 3.40. The molecular formula is C19H29N3O4. The Morgan fingerprint density at radius 1 is 1.27 bits per heavy atom. The number of piperidine rings is 1. The average molecular weight is 363 g/mol. The van der Waals surface area contributed by atoms with Crippen LogP contribution in [0.1, 0.15) is 65.2 Å². The summed E-state index contributed by atoms with van der Waals surface area (Å²) in [5.74, 6) is -0.765. The van der Waals surface area contributed by atoms with Crippen LogP contribution in [0.25, 0.3) is 0 Å². The van der Waals surface area contributed by atoms with Crippen molar-refractivity contribution in [3.8, 4) is 0 Å². The second-order valence-electron chi connectivity index (χ2n) is 6.73. The Bertz CT molecular complexity index is 681. The van der Waals surface area contributed by atoms with Crippen molar-refractivity contribution in [1.29, 1.82) is 0 Å². The van der Waals surface area contributed by atoms with Gasteiger partial charge in [-0.15, -0.1) is 0 Å². The van der Waals surface area contributed by atoms with Crippen LogP contribution in [0.5, 0.6) is 0 Å². The molecule has 2 rings (SSSR count). The molecule has 26 heavy (non-hydrogen) atoms. The lowest BCUT2D eigenvalue weighted by Crippen LogP contribution is -2.45. The number of rotatable bonds is 6. The Morgan fingerprint density at radius 3 is 2.65 bits per heavy atom. The molecule has 7 heteroatoms. The van der Waals surface area contributed by atoms with Gasteiger partial charge < -0.3 is 19.9 Å². The highest BCUT2D eigenvalue weighted by Crippen LogP contribution is 2.23. The molecule has 1 aliphatic rings. The van der Waals surface area contributed by atoms with E-state index in [0.717, 1.165) is 19.3 Å². The lowest BCUT2D eigenvalue weighted by molar-refractivity contribution is -0.126. The first-order chi connectivity index (χ1) is 12.4. The number of esters is 1. The van der Waals surface area contributed by atoms with Gasteiger partial charge >= 0.3 is 5.97 Å². The summed E-state index contributed by atoms with van der Waals surface area (Å²) in [7, 11) is 0. The van der Waals surface area contributed by atoms with Crippen molar-refractivity contribution >= 4 is 17.8 Å². The molecule has 2 amide bonds. The summed E-state index contributed by atoms with van der Waals surface area (Å²) in [4.78, 5) is 42.0. The molecule has 1 fully saturated rings. The van der Waals surface area contributed by atoms with Gasteiger partial charge in [0.1, 0.15) is 5.69 Å². The number of nitrogens with zero attached hydrogens (tertiary/aromatic N) is 1. The first-order valence-corrected chi connectivity index (χ1v) is 9.33. The molecule has 0 aromatic carbocycles. The number of aryl methyl sites for hydroxylation is 1. The molecule has 1 aromatic rings. The SMILES string of the molecule is CCCNC(=O)[C@@H]1CCCN(C(=O)c2[nH]c(C)c(C(=O)OCC)c2C)C1. The topological polar surface area (TPSA) is 91.5 Å². The average Bonchev–Trinajstić information content (AvgIpc) is 2.93. The third-order valence-corrected chi connectivity index (χ3v) is 4.76. The Kier molecular flexibility index (Phi) is 6.83. The number of hydrogen-bond donors (Lipinski definition) is 2. The molecule has 0 aliphatic carbocycles. The van der Waals surface area contributed by atoms with E-state index in [2.05, 4.69) is 10.3 Å². The number of aromatic nitrogens is 1. The van der Waals surface area contributed by atoms with E-state index in [0.29, 0.717) is 42.1 Å². The van der Waals surface area contributed by atoms with Crippen LogP contribution in [-0.2, 0) is 9.53 Å². The predicted octanol–water partition coefficient (Wildman–Crippen LogP) is 2.19. The first-order valence-electron chi connectivity index (χ1n) is 9.33. The molecule has 0 unspecified atom stereocenters. The maximum absolute atomic E-state index is 13.0. The molecule has 0 saturated carbocycles. The molecule has 144 valence electrons. The number of amides is 2. The highest BCUT2D eigenvalue weighted by molar-refractivity contribution is 6.00. The molecule has 7 nitrogen and oxygen atoms in total. The van der Waals surface area contributed by atoms with Gasteiger partial charge in [0.2, 0.25) is 5.91 Å². The number of hydrogen-bond acceptors (Lipinski definition) is 4. The molecule has 1 saturated heterocycles. The normalized spacial score (nSPS) is 17.1. The second kappa shape index (κ2) is 8.87. The standard InChI is InChI=1S/C19H29N3O4/c1-5-9-20-17(23)14-8-7-10-22(11-14)18(24)16-12(3)15(13(4)21-16)19(25)26-6-2/h14,21H,5-11H2,1-4H3,(H,20,23)/t14-/m1/s1. The molecular weight excluding hydrogens is 334 g/mol. The van der Waals surface area contributed by atoms with Gasteiger partial charge in [-0.05, 0) is 45.6 Å². The Morgan fingerprint density at radius 2 is 2.00 bits per heavy atom. The van der Waals surface area contributed by atoms with E-state index in [-0.39, 0.29) is 24.3 Å². The minimum absolute atomic E-state index is 0.0101. The van der Waals surface area contributed by atoms with E-state index < -0.39 is 5.97 Å². The van der Waals surface area contributed by atoms with E-state index in [1.54, 1.807) is 25.7 Å². The van der Waals surface area contributed by atoms with E-state index >= 15 is 0 Å². The van der Waals surface area contributed by atoms with Gasteiger partial charge in [-0.1, -0.05) is 6.92 Å². The zero-order chi connectivity index (χ0) is 19.3. The monoisotopic (exact) mass is 363 g/mol. The first kappa shape index (κ1) is 20.0. The largest absolute Gasteiger partial charge is 0.462 e. The number of likely N-dealkylation sites (tertiary alicyclic amines) is 1. The van der Waals surface area contributed by atoms with E-state index in [1.807, 2.05) is 6.92 Å². The summed E-state index contributed by atoms with van der Waals surface area (Å²) in [6, 6.07) is 0. The van der Waals surface area contributed by atoms with Crippen molar-refractivity contribution < 1.29 is 19.1 Å². The number of aromatic amines is 1. The summed E-state index contributed by atoms with van der Waals surface area (Å²) >= 11 is 0. The third-order valence-electron chi connectivity index (χ3n) is 4.76. The predicted molar refractivity (Wildman–Crippen MR) is 98.2 cm³/mol. The van der Waals surface area contributed by atoms with Gasteiger partial charge in [0, 0.05) is 25.3 Å². The van der Waals surface area contributed by atoms with Crippen LogP contribution < -0.4 is 5.32 Å². The summed E-state index contributed by atoms with van der Waals surface area (Å²) in [6.45, 7) is 9.22. The summed E-state index contributed by atoms with van der Waals surface area (Å²) in [5.41, 5.74) is 2.05. The zero-order valence-electron chi connectivity index (χ0n) is 16.1. The second-order valence-corrected chi connectivity index (χ2v) is 6.73. The van der Waals surface area contributed by atoms with Crippen LogP contribution in [0.4, 0.5) is 0 Å². The summed E-state index contributed by atoms with van der Waals surface area (Å²) in [6.07, 6.45) is 2.47. The molecule has 2 heterocycles. The molecule has 0 spiro atoms. The fraction of sp³-hybridized carbons (Fsp3) is 0.632. The number of H-pyrrole nitrogens is 1. The van der Waals surface area contributed by atoms with Gasteiger partial charge in [-0.25, -0.2) is 4.79 Å². The van der Waals surface area contributed by atoms with Crippen molar-refractivity contribution in [3.05, 3.63) is 22.5 Å². The van der Waals surface area contributed by atoms with Crippen LogP contribution >= 0.6 is 0 Å². The number of nitrogens with one attached hydrogen (secondary N) is 2. The van der Waals surface area contributed by atoms with Crippen LogP contribution in [-0.4, -0.2) is 53.9 Å². The molecule has 1 atom stereocenters. The van der Waals surface area contributed by atoms with Crippen molar-refractivity contribution in [2.75, 3.05) is 26.2 Å². The van der Waals surface area contributed by atoms with Gasteiger partial charge in [-0.2, -0.15) is 0 Å². The van der Waals surface area contributed by atoms with Crippen LogP contribution in [0.15, 0.2) is 0 Å². The van der Waals surface area contributed by atoms with Gasteiger partial charge in [0.25, 0.3) is 5.91 Å². The molecule has 1 aliphatic heterocycles. The van der Waals surface area contributed by atoms with Gasteiger partial charge in [-0.3, -0.25) is 9.59 Å². The minimum Gasteiger partial charge on any atom is -0.462 e. The Balaban J connectivity index is 2.14. The zero-order valence-corrected chi connectivity index (χ0v) is 16.1. The van der Waals surface area contributed by atoms with Crippen molar-refractivity contribution in [2.45, 2.75) is 47.0 Å². The van der Waals surface area contributed by atoms with Crippen LogP contribution in [0, 0.1) is 19.8 Å². The fourth-order valence-electron chi connectivity index (χ4n) is 3.40. The molecule has 0 radical (unpaired) electrons. The van der Waals surface area contributed by atoms with E-state index in [4.69, 9.17) is 4.74 Å². The quantitative estimate of drug-likeness (QED) is 0.758. The molecule has 0 bridgehead atoms. The number of carbonyl (C=O) groups excluding carboxylic acids is 3. The van der Waals surface area contributed by atoms with Gasteiger partial charge in [0.15, 0.2) is 0 Å². The number of carbonyl (C=O) groups is 3. The minimum atomic E-state index is -0.423. The summed E-state index contributed by atoms with van der Waals surface area (Å²) < 4.78 is 5.08. The highest BCUT2D eigenvalue weighted by Gasteiger charge is 2.31. The van der Waals surface area contributed by atoms with Crippen molar-refractivity contribution in [3.63, 3.8) is 0 Å². The lowest BCUT2D eigenvalue weighted by atomic mass is 9.96. The van der Waals surface area contributed by atoms with Crippen molar-refractivity contribution in [2.24, 2.45) is 5.92 Å². The smallest absolute Gasteiger partial charge is 0.340 e. The van der Waals surface area contributed by atoms with Crippen LogP contribution in [0.2, 0.25) is 0 Å². The maximum atomic E-state index is 13.0. The Hall–Kier alpha value is -2.31. The van der Waals surface area contributed by atoms with E-state index in [9.17, 15) is 14.4 Å².